The number of pyridine rings is 1. The molecule has 1 saturated heterocycles. The van der Waals surface area contributed by atoms with E-state index in [1.54, 1.807) is 19.3 Å². The summed E-state index contributed by atoms with van der Waals surface area (Å²) < 4.78 is 3.35. The van der Waals surface area contributed by atoms with Crippen LogP contribution < -0.4 is 5.56 Å². The average Bonchev–Trinajstić information content (AvgIpc) is 3.11. The highest BCUT2D eigenvalue weighted by atomic mass is 16.2. The summed E-state index contributed by atoms with van der Waals surface area (Å²) in [5.41, 5.74) is 1.42. The normalized spacial score (nSPS) is 17.9. The van der Waals surface area contributed by atoms with Crippen molar-refractivity contribution in [2.24, 2.45) is 7.05 Å². The van der Waals surface area contributed by atoms with Gasteiger partial charge in [0, 0.05) is 37.6 Å². The van der Waals surface area contributed by atoms with Crippen LogP contribution in [0.1, 0.15) is 28.8 Å². The van der Waals surface area contributed by atoms with Crippen LogP contribution in [-0.4, -0.2) is 37.7 Å². The second kappa shape index (κ2) is 5.79. The minimum absolute atomic E-state index is 0.0657. The van der Waals surface area contributed by atoms with Crippen molar-refractivity contribution >= 4 is 5.91 Å². The Hall–Kier alpha value is -2.37. The van der Waals surface area contributed by atoms with E-state index in [-0.39, 0.29) is 17.5 Å². The second-order valence-corrected chi connectivity index (χ2v) is 5.90. The minimum Gasteiger partial charge on any atom is -0.334 e. The SMILES string of the molecule is Cc1cnn(C[C@@H]2CCCN2C(=O)c2ccn(C)c(=O)c2)c1. The van der Waals surface area contributed by atoms with Gasteiger partial charge in [-0.2, -0.15) is 5.10 Å². The molecule has 0 unspecified atom stereocenters. The molecule has 6 heteroatoms. The number of nitrogens with zero attached hydrogens (tertiary/aromatic N) is 4. The van der Waals surface area contributed by atoms with Crippen LogP contribution in [0.5, 0.6) is 0 Å². The predicted octanol–water partition coefficient (Wildman–Crippen LogP) is 1.20. The highest BCUT2D eigenvalue weighted by Crippen LogP contribution is 2.21. The molecule has 0 aliphatic carbocycles. The van der Waals surface area contributed by atoms with Gasteiger partial charge in [0.1, 0.15) is 0 Å². The first kappa shape index (κ1) is 14.6. The quantitative estimate of drug-likeness (QED) is 0.855. The van der Waals surface area contributed by atoms with Gasteiger partial charge in [-0.05, 0) is 31.4 Å². The second-order valence-electron chi connectivity index (χ2n) is 5.90. The van der Waals surface area contributed by atoms with Crippen molar-refractivity contribution in [1.82, 2.24) is 19.2 Å². The van der Waals surface area contributed by atoms with Crippen LogP contribution in [0.3, 0.4) is 0 Å². The maximum Gasteiger partial charge on any atom is 0.254 e. The lowest BCUT2D eigenvalue weighted by Gasteiger charge is -2.24. The molecule has 116 valence electrons. The highest BCUT2D eigenvalue weighted by Gasteiger charge is 2.30. The fourth-order valence-electron chi connectivity index (χ4n) is 2.92. The molecule has 1 amide bonds. The van der Waals surface area contributed by atoms with Gasteiger partial charge < -0.3 is 9.47 Å². The first-order valence-electron chi connectivity index (χ1n) is 7.51. The van der Waals surface area contributed by atoms with Gasteiger partial charge in [0.15, 0.2) is 0 Å². The van der Waals surface area contributed by atoms with Crippen LogP contribution in [0.2, 0.25) is 0 Å². The summed E-state index contributed by atoms with van der Waals surface area (Å²) in [5, 5.41) is 4.30. The number of aromatic nitrogens is 3. The van der Waals surface area contributed by atoms with Crippen molar-refractivity contribution in [3.8, 4) is 0 Å². The lowest BCUT2D eigenvalue weighted by Crippen LogP contribution is -2.38. The first-order chi connectivity index (χ1) is 10.5. The summed E-state index contributed by atoms with van der Waals surface area (Å²) in [5.74, 6) is -0.0657. The summed E-state index contributed by atoms with van der Waals surface area (Å²) in [4.78, 5) is 26.2. The van der Waals surface area contributed by atoms with E-state index < -0.39 is 0 Å². The molecular formula is C16H20N4O2. The van der Waals surface area contributed by atoms with E-state index in [9.17, 15) is 9.59 Å². The molecule has 6 nitrogen and oxygen atoms in total. The highest BCUT2D eigenvalue weighted by molar-refractivity contribution is 5.94. The third-order valence-electron chi connectivity index (χ3n) is 4.15. The molecule has 3 heterocycles. The first-order valence-corrected chi connectivity index (χ1v) is 7.51. The number of carbonyl (C=O) groups is 1. The van der Waals surface area contributed by atoms with Crippen molar-refractivity contribution in [3.63, 3.8) is 0 Å². The third kappa shape index (κ3) is 2.81. The Bertz CT molecular complexity index is 747. The minimum atomic E-state index is -0.163. The molecule has 0 saturated carbocycles. The third-order valence-corrected chi connectivity index (χ3v) is 4.15. The summed E-state index contributed by atoms with van der Waals surface area (Å²) in [7, 11) is 1.68. The summed E-state index contributed by atoms with van der Waals surface area (Å²) >= 11 is 0. The number of likely N-dealkylation sites (tertiary alicyclic amines) is 1. The molecular weight excluding hydrogens is 280 g/mol. The number of aryl methyl sites for hydroxylation is 2. The van der Waals surface area contributed by atoms with Gasteiger partial charge in [-0.15, -0.1) is 0 Å². The molecule has 1 aliphatic heterocycles. The molecule has 0 bridgehead atoms. The fraction of sp³-hybridized carbons (Fsp3) is 0.438. The molecule has 0 radical (unpaired) electrons. The van der Waals surface area contributed by atoms with E-state index in [1.807, 2.05) is 28.9 Å². The van der Waals surface area contributed by atoms with Gasteiger partial charge in [0.2, 0.25) is 0 Å². The van der Waals surface area contributed by atoms with Gasteiger partial charge in [-0.3, -0.25) is 14.3 Å². The zero-order chi connectivity index (χ0) is 15.7. The number of amides is 1. The van der Waals surface area contributed by atoms with Gasteiger partial charge in [0.05, 0.1) is 18.8 Å². The number of carbonyl (C=O) groups excluding carboxylic acids is 1. The average molecular weight is 300 g/mol. The van der Waals surface area contributed by atoms with Crippen LogP contribution in [0.25, 0.3) is 0 Å². The van der Waals surface area contributed by atoms with E-state index in [0.29, 0.717) is 12.1 Å². The molecule has 2 aromatic rings. The Kier molecular flexibility index (Phi) is 3.83. The number of hydrogen-bond acceptors (Lipinski definition) is 3. The number of rotatable bonds is 3. The molecule has 0 N–H and O–H groups in total. The van der Waals surface area contributed by atoms with E-state index in [4.69, 9.17) is 0 Å². The van der Waals surface area contributed by atoms with Crippen LogP contribution in [-0.2, 0) is 13.6 Å². The topological polar surface area (TPSA) is 60.1 Å². The smallest absolute Gasteiger partial charge is 0.254 e. The Balaban J connectivity index is 1.78. The zero-order valence-corrected chi connectivity index (χ0v) is 12.9. The van der Waals surface area contributed by atoms with Crippen molar-refractivity contribution < 1.29 is 4.79 Å². The molecule has 3 rings (SSSR count). The Labute approximate surface area is 129 Å². The Morgan fingerprint density at radius 3 is 2.95 bits per heavy atom. The fourth-order valence-corrected chi connectivity index (χ4v) is 2.92. The maximum atomic E-state index is 12.7. The summed E-state index contributed by atoms with van der Waals surface area (Å²) in [6.07, 6.45) is 7.40. The standard InChI is InChI=1S/C16H20N4O2/c1-12-9-17-19(10-12)11-14-4-3-6-20(14)16(22)13-5-7-18(2)15(21)8-13/h5,7-10,14H,3-4,6,11H2,1-2H3/t14-/m0/s1. The van der Waals surface area contributed by atoms with Gasteiger partial charge >= 0.3 is 0 Å². The van der Waals surface area contributed by atoms with E-state index in [2.05, 4.69) is 5.10 Å². The largest absolute Gasteiger partial charge is 0.334 e. The molecule has 0 spiro atoms. The Morgan fingerprint density at radius 1 is 1.45 bits per heavy atom. The van der Waals surface area contributed by atoms with Crippen molar-refractivity contribution in [2.75, 3.05) is 6.54 Å². The van der Waals surface area contributed by atoms with Gasteiger partial charge in [-0.1, -0.05) is 0 Å². The molecule has 0 aromatic carbocycles. The lowest BCUT2D eigenvalue weighted by atomic mass is 10.2. The van der Waals surface area contributed by atoms with Crippen LogP contribution >= 0.6 is 0 Å². The van der Waals surface area contributed by atoms with Crippen LogP contribution in [0.4, 0.5) is 0 Å². The van der Waals surface area contributed by atoms with E-state index in [0.717, 1.165) is 24.9 Å². The van der Waals surface area contributed by atoms with Gasteiger partial charge in [-0.25, -0.2) is 0 Å². The van der Waals surface area contributed by atoms with Crippen LogP contribution in [0, 0.1) is 6.92 Å². The molecule has 1 atom stereocenters. The van der Waals surface area contributed by atoms with E-state index in [1.165, 1.54) is 10.6 Å². The number of hydrogen-bond donors (Lipinski definition) is 0. The van der Waals surface area contributed by atoms with Crippen molar-refractivity contribution in [1.29, 1.82) is 0 Å². The molecule has 22 heavy (non-hydrogen) atoms. The predicted molar refractivity (Wildman–Crippen MR) is 82.7 cm³/mol. The van der Waals surface area contributed by atoms with Crippen LogP contribution in [0.15, 0.2) is 35.5 Å². The molecule has 1 aliphatic rings. The summed E-state index contributed by atoms with van der Waals surface area (Å²) in [6.45, 7) is 3.43. The van der Waals surface area contributed by atoms with Gasteiger partial charge in [0.25, 0.3) is 11.5 Å². The van der Waals surface area contributed by atoms with Crippen molar-refractivity contribution in [2.45, 2.75) is 32.4 Å². The van der Waals surface area contributed by atoms with E-state index >= 15 is 0 Å². The zero-order valence-electron chi connectivity index (χ0n) is 12.9. The Morgan fingerprint density at radius 2 is 2.27 bits per heavy atom. The lowest BCUT2D eigenvalue weighted by molar-refractivity contribution is 0.0721. The maximum absolute atomic E-state index is 12.7. The monoisotopic (exact) mass is 300 g/mol. The van der Waals surface area contributed by atoms with Crippen molar-refractivity contribution in [3.05, 3.63) is 52.2 Å². The molecule has 1 fully saturated rings. The molecule has 2 aromatic heterocycles. The summed E-state index contributed by atoms with van der Waals surface area (Å²) in [6, 6.07) is 3.25.